The predicted molar refractivity (Wildman–Crippen MR) is 165 cm³/mol. The van der Waals surface area contributed by atoms with Gasteiger partial charge in [0.05, 0.1) is 29.7 Å². The van der Waals surface area contributed by atoms with Crippen LogP contribution in [-0.4, -0.2) is 77.1 Å². The molecule has 2 amide bonds. The normalized spacial score (nSPS) is 20.2. The van der Waals surface area contributed by atoms with E-state index in [1.807, 2.05) is 0 Å². The maximum atomic E-state index is 14.4. The lowest BCUT2D eigenvalue weighted by Crippen LogP contribution is -2.53. The van der Waals surface area contributed by atoms with Crippen LogP contribution in [0, 0.1) is 11.7 Å². The molecule has 14 heteroatoms. The zero-order valence-electron chi connectivity index (χ0n) is 24.2. The lowest BCUT2D eigenvalue weighted by Gasteiger charge is -2.30. The van der Waals surface area contributed by atoms with Gasteiger partial charge >= 0.3 is 0 Å². The molecule has 3 atom stereocenters. The predicted octanol–water partition coefficient (Wildman–Crippen LogP) is 1.36. The minimum atomic E-state index is -3.73. The summed E-state index contributed by atoms with van der Waals surface area (Å²) in [5.41, 5.74) is 7.44. The van der Waals surface area contributed by atoms with Gasteiger partial charge in [-0.2, -0.15) is 0 Å². The molecule has 0 bridgehead atoms. The van der Waals surface area contributed by atoms with Crippen LogP contribution in [0.25, 0.3) is 0 Å². The van der Waals surface area contributed by atoms with Crippen molar-refractivity contribution in [1.29, 1.82) is 0 Å². The first kappa shape index (κ1) is 33.2. The Balaban J connectivity index is 1.51. The SMILES string of the molecule is [B]c1ccc(CO[C@@H]2C[C@@H](C(=O)NCc3cccc(N)c3Cl)N(C(=O)[C@@H](CCC3CCNCC3)NS(C)(=O)=O)C2)c(F)c1. The zero-order valence-corrected chi connectivity index (χ0v) is 25.7. The molecule has 0 aromatic heterocycles. The maximum absolute atomic E-state index is 14.4. The van der Waals surface area contributed by atoms with E-state index in [-0.39, 0.29) is 37.1 Å². The lowest BCUT2D eigenvalue weighted by molar-refractivity contribution is -0.140. The number of hydrogen-bond acceptors (Lipinski definition) is 7. The third-order valence-electron chi connectivity index (χ3n) is 7.94. The molecule has 2 aliphatic rings. The first-order valence-corrected chi connectivity index (χ1v) is 16.6. The monoisotopic (exact) mass is 633 g/mol. The van der Waals surface area contributed by atoms with Crippen LogP contribution in [-0.2, 0) is 37.5 Å². The summed E-state index contributed by atoms with van der Waals surface area (Å²) in [4.78, 5) is 28.8. The first-order chi connectivity index (χ1) is 20.4. The molecule has 2 fully saturated rings. The number of nitrogen functional groups attached to an aromatic ring is 1. The Morgan fingerprint density at radius 3 is 2.67 bits per heavy atom. The molecule has 2 heterocycles. The van der Waals surface area contributed by atoms with Crippen molar-refractivity contribution in [2.24, 2.45) is 5.92 Å². The third-order valence-corrected chi connectivity index (χ3v) is 9.11. The van der Waals surface area contributed by atoms with Gasteiger partial charge in [-0.25, -0.2) is 17.5 Å². The number of halogens is 2. The Morgan fingerprint density at radius 2 is 1.98 bits per heavy atom. The number of carbonyl (C=O) groups is 2. The minimum Gasteiger partial charge on any atom is -0.398 e. The van der Waals surface area contributed by atoms with Crippen LogP contribution in [0.3, 0.4) is 0 Å². The molecule has 5 N–H and O–H groups in total. The van der Waals surface area contributed by atoms with E-state index < -0.39 is 45.8 Å². The number of nitrogens with zero attached hydrogens (tertiary/aromatic N) is 1. The number of hydrogen-bond donors (Lipinski definition) is 4. The van der Waals surface area contributed by atoms with Crippen molar-refractivity contribution in [3.63, 3.8) is 0 Å². The van der Waals surface area contributed by atoms with Gasteiger partial charge in [-0.05, 0) is 62.4 Å². The molecule has 2 saturated heterocycles. The topological polar surface area (TPSA) is 143 Å². The van der Waals surface area contributed by atoms with Gasteiger partial charge in [0, 0.05) is 25.1 Å². The van der Waals surface area contributed by atoms with Crippen molar-refractivity contribution < 1.29 is 27.1 Å². The number of nitrogens with one attached hydrogen (secondary N) is 3. The van der Waals surface area contributed by atoms with Gasteiger partial charge in [0.2, 0.25) is 21.8 Å². The second-order valence-corrected chi connectivity index (χ2v) is 13.4. The molecule has 4 rings (SSSR count). The fourth-order valence-corrected chi connectivity index (χ4v) is 6.53. The van der Waals surface area contributed by atoms with Crippen molar-refractivity contribution in [3.05, 3.63) is 58.4 Å². The van der Waals surface area contributed by atoms with Crippen LogP contribution in [0.5, 0.6) is 0 Å². The number of nitrogens with two attached hydrogens (primary N) is 1. The van der Waals surface area contributed by atoms with E-state index in [0.29, 0.717) is 35.0 Å². The van der Waals surface area contributed by atoms with Crippen molar-refractivity contribution in [1.82, 2.24) is 20.3 Å². The van der Waals surface area contributed by atoms with Crippen LogP contribution in [0.2, 0.25) is 5.02 Å². The van der Waals surface area contributed by atoms with Crippen LogP contribution in [0.1, 0.15) is 43.2 Å². The molecule has 10 nitrogen and oxygen atoms in total. The number of anilines is 1. The largest absolute Gasteiger partial charge is 0.398 e. The number of ether oxygens (including phenoxy) is 1. The Hall–Kier alpha value is -2.71. The van der Waals surface area contributed by atoms with Gasteiger partial charge in [0.15, 0.2) is 0 Å². The van der Waals surface area contributed by atoms with Gasteiger partial charge in [-0.3, -0.25) is 9.59 Å². The second-order valence-electron chi connectivity index (χ2n) is 11.3. The standard InChI is InChI=1S/C29H38BClFN5O5S/c1-43(40,41)36-25(8-5-18-9-11-34-12-10-18)29(39)37-16-22(42-17-20-6-7-21(30)13-23(20)32)14-26(37)28(38)35-15-19-3-2-4-24(33)27(19)31/h2-4,6-7,13,18,22,25-26,34,36H,5,8-12,14-17,33H2,1H3,(H,35,38)/t22-,25-,26+/m1/s1. The molecule has 43 heavy (non-hydrogen) atoms. The molecular weight excluding hydrogens is 596 g/mol. The average molecular weight is 634 g/mol. The highest BCUT2D eigenvalue weighted by Crippen LogP contribution is 2.27. The highest BCUT2D eigenvalue weighted by Gasteiger charge is 2.42. The summed E-state index contributed by atoms with van der Waals surface area (Å²) >= 11 is 6.29. The number of benzene rings is 2. The van der Waals surface area contributed by atoms with Gasteiger partial charge < -0.3 is 26.0 Å². The maximum Gasteiger partial charge on any atom is 0.243 e. The Morgan fingerprint density at radius 1 is 1.23 bits per heavy atom. The molecule has 0 saturated carbocycles. The Bertz CT molecular complexity index is 1410. The molecule has 232 valence electrons. The van der Waals surface area contributed by atoms with Crippen LogP contribution in [0.15, 0.2) is 36.4 Å². The first-order valence-electron chi connectivity index (χ1n) is 14.4. The molecular formula is C29H38BClFN5O5S. The molecule has 0 aliphatic carbocycles. The number of carbonyl (C=O) groups excluding carboxylic acids is 2. The molecule has 2 aromatic rings. The van der Waals surface area contributed by atoms with E-state index in [2.05, 4.69) is 15.4 Å². The summed E-state index contributed by atoms with van der Waals surface area (Å²) in [5, 5.41) is 6.45. The molecule has 2 radical (unpaired) electrons. The highest BCUT2D eigenvalue weighted by molar-refractivity contribution is 7.88. The van der Waals surface area contributed by atoms with E-state index >= 15 is 0 Å². The quantitative estimate of drug-likeness (QED) is 0.204. The van der Waals surface area contributed by atoms with Crippen molar-refractivity contribution in [2.75, 3.05) is 31.6 Å². The molecule has 2 aromatic carbocycles. The van der Waals surface area contributed by atoms with Crippen LogP contribution >= 0.6 is 11.6 Å². The smallest absolute Gasteiger partial charge is 0.243 e. The van der Waals surface area contributed by atoms with E-state index in [1.54, 1.807) is 24.3 Å². The third kappa shape index (κ3) is 9.39. The fourth-order valence-electron chi connectivity index (χ4n) is 5.60. The molecule has 0 spiro atoms. The number of rotatable bonds is 12. The van der Waals surface area contributed by atoms with Crippen LogP contribution in [0.4, 0.5) is 10.1 Å². The Labute approximate surface area is 258 Å². The second kappa shape index (κ2) is 14.8. The van der Waals surface area contributed by atoms with Gasteiger partial charge in [0.1, 0.15) is 25.7 Å². The summed E-state index contributed by atoms with van der Waals surface area (Å²) in [6.45, 7) is 1.77. The summed E-state index contributed by atoms with van der Waals surface area (Å²) in [7, 11) is 1.91. The average Bonchev–Trinajstić information content (AvgIpc) is 3.39. The molecule has 0 unspecified atom stereocenters. The zero-order chi connectivity index (χ0) is 31.1. The van der Waals surface area contributed by atoms with Gasteiger partial charge in [0.25, 0.3) is 0 Å². The number of piperidine rings is 1. The summed E-state index contributed by atoms with van der Waals surface area (Å²) in [6, 6.07) is 7.39. The van der Waals surface area contributed by atoms with Gasteiger partial charge in [-0.15, -0.1) is 0 Å². The summed E-state index contributed by atoms with van der Waals surface area (Å²) < 4.78 is 47.4. The fraction of sp³-hybridized carbons (Fsp3) is 0.517. The highest BCUT2D eigenvalue weighted by atomic mass is 35.5. The van der Waals surface area contributed by atoms with Crippen molar-refractivity contribution in [2.45, 2.75) is 63.4 Å². The minimum absolute atomic E-state index is 0.0296. The van der Waals surface area contributed by atoms with E-state index in [0.717, 1.165) is 32.2 Å². The number of likely N-dealkylation sites (tertiary alicyclic amines) is 1. The lowest BCUT2D eigenvalue weighted by atomic mass is 9.91. The van der Waals surface area contributed by atoms with Gasteiger partial charge in [-0.1, -0.05) is 41.3 Å². The van der Waals surface area contributed by atoms with E-state index in [4.69, 9.17) is 29.9 Å². The summed E-state index contributed by atoms with van der Waals surface area (Å²) in [5.74, 6) is -1.11. The van der Waals surface area contributed by atoms with Crippen molar-refractivity contribution in [3.8, 4) is 0 Å². The van der Waals surface area contributed by atoms with E-state index in [1.165, 1.54) is 17.0 Å². The number of sulfonamides is 1. The summed E-state index contributed by atoms with van der Waals surface area (Å²) in [6.07, 6.45) is 3.39. The number of amides is 2. The van der Waals surface area contributed by atoms with E-state index in [9.17, 15) is 22.4 Å². The Kier molecular flexibility index (Phi) is 11.5. The van der Waals surface area contributed by atoms with Crippen LogP contribution < -0.4 is 26.6 Å². The molecule has 2 aliphatic heterocycles. The van der Waals surface area contributed by atoms with Crippen molar-refractivity contribution >= 4 is 52.4 Å².